The summed E-state index contributed by atoms with van der Waals surface area (Å²) in [7, 11) is 0. The molecule has 0 aliphatic heterocycles. The van der Waals surface area contributed by atoms with Crippen molar-refractivity contribution in [2.75, 3.05) is 11.9 Å². The van der Waals surface area contributed by atoms with E-state index in [4.69, 9.17) is 5.41 Å². The third-order valence-corrected chi connectivity index (χ3v) is 2.13. The fraction of sp³-hybridized carbons (Fsp3) is 0.231. The molecule has 0 atom stereocenters. The summed E-state index contributed by atoms with van der Waals surface area (Å²) in [5.74, 6) is -0.615. The molecule has 0 aliphatic carbocycles. The second-order valence-electron chi connectivity index (χ2n) is 3.43. The van der Waals surface area contributed by atoms with Crippen LogP contribution in [-0.4, -0.2) is 18.3 Å². The number of hydrogen-bond acceptors (Lipinski definition) is 4. The molecule has 2 N–H and O–H groups in total. The molecule has 0 aromatic heterocycles. The average molecular weight is 232 g/mol. The van der Waals surface area contributed by atoms with Crippen LogP contribution < -0.4 is 5.32 Å². The van der Waals surface area contributed by atoms with Gasteiger partial charge in [0.05, 0.1) is 6.61 Å². The average Bonchev–Trinajstić information content (AvgIpc) is 2.31. The molecule has 0 fully saturated rings. The predicted molar refractivity (Wildman–Crippen MR) is 68.3 cm³/mol. The fourth-order valence-corrected chi connectivity index (χ4v) is 1.23. The van der Waals surface area contributed by atoms with Crippen molar-refractivity contribution in [2.45, 2.75) is 13.8 Å². The lowest BCUT2D eigenvalue weighted by Gasteiger charge is -2.04. The molecule has 17 heavy (non-hydrogen) atoms. The van der Waals surface area contributed by atoms with Crippen LogP contribution >= 0.6 is 0 Å². The van der Waals surface area contributed by atoms with Gasteiger partial charge in [-0.05, 0) is 31.6 Å². The van der Waals surface area contributed by atoms with Gasteiger partial charge in [0.2, 0.25) is 0 Å². The van der Waals surface area contributed by atoms with E-state index in [1.807, 2.05) is 31.2 Å². The first-order chi connectivity index (χ1) is 8.15. The Morgan fingerprint density at radius 1 is 1.47 bits per heavy atom. The highest BCUT2D eigenvalue weighted by atomic mass is 16.5. The van der Waals surface area contributed by atoms with E-state index in [9.17, 15) is 4.79 Å². The van der Waals surface area contributed by atoms with Crippen LogP contribution in [0.3, 0.4) is 0 Å². The molecular weight excluding hydrogens is 216 g/mol. The number of carbonyl (C=O) groups is 1. The van der Waals surface area contributed by atoms with Gasteiger partial charge in [0.15, 0.2) is 0 Å². The Morgan fingerprint density at radius 3 is 2.82 bits per heavy atom. The van der Waals surface area contributed by atoms with Gasteiger partial charge in [-0.25, -0.2) is 4.79 Å². The lowest BCUT2D eigenvalue weighted by atomic mass is 10.2. The maximum Gasteiger partial charge on any atom is 0.356 e. The van der Waals surface area contributed by atoms with Crippen molar-refractivity contribution in [2.24, 2.45) is 0 Å². The molecule has 0 unspecified atom stereocenters. The number of carbonyl (C=O) groups excluding carboxylic acids is 1. The maximum atomic E-state index is 11.1. The molecule has 1 aromatic rings. The van der Waals surface area contributed by atoms with Crippen LogP contribution in [0.2, 0.25) is 0 Å². The maximum absolute atomic E-state index is 11.1. The minimum atomic E-state index is -0.615. The molecular formula is C13H16N2O2. The van der Waals surface area contributed by atoms with E-state index in [2.05, 4.69) is 10.1 Å². The summed E-state index contributed by atoms with van der Waals surface area (Å²) in [6.45, 7) is 3.97. The van der Waals surface area contributed by atoms with E-state index in [-0.39, 0.29) is 12.3 Å². The molecule has 0 amide bonds. The summed E-state index contributed by atoms with van der Waals surface area (Å²) >= 11 is 0. The molecule has 4 heteroatoms. The standard InChI is InChI=1S/C13H16N2O2/c1-3-17-13(16)11(14)8-9-15-12-7-5-4-6-10(12)2/h4-9,14-15H,3H2,1-2H3/b9-8-,14-11?. The number of nitrogens with one attached hydrogen (secondary N) is 2. The normalized spacial score (nSPS) is 10.2. The molecule has 0 heterocycles. The monoisotopic (exact) mass is 232 g/mol. The second-order valence-corrected chi connectivity index (χ2v) is 3.43. The summed E-state index contributed by atoms with van der Waals surface area (Å²) in [5.41, 5.74) is 1.87. The SMILES string of the molecule is CCOC(=O)C(=N)/C=C\Nc1ccccc1C. The van der Waals surface area contributed by atoms with E-state index >= 15 is 0 Å². The van der Waals surface area contributed by atoms with Crippen LogP contribution in [0.4, 0.5) is 5.69 Å². The molecule has 0 bridgehead atoms. The summed E-state index contributed by atoms with van der Waals surface area (Å²) in [4.78, 5) is 11.1. The minimum absolute atomic E-state index is 0.173. The third-order valence-electron chi connectivity index (χ3n) is 2.13. The molecule has 0 radical (unpaired) electrons. The van der Waals surface area contributed by atoms with Crippen LogP contribution in [0.25, 0.3) is 0 Å². The lowest BCUT2D eigenvalue weighted by molar-refractivity contribution is -0.135. The van der Waals surface area contributed by atoms with Crippen LogP contribution in [0.15, 0.2) is 36.5 Å². The Labute approximate surface area is 101 Å². The van der Waals surface area contributed by atoms with E-state index < -0.39 is 5.97 Å². The Kier molecular flexibility index (Phi) is 4.94. The molecule has 1 aromatic carbocycles. The van der Waals surface area contributed by atoms with E-state index in [1.165, 1.54) is 6.08 Å². The fourth-order valence-electron chi connectivity index (χ4n) is 1.23. The number of hydrogen-bond donors (Lipinski definition) is 2. The van der Waals surface area contributed by atoms with Gasteiger partial charge >= 0.3 is 5.97 Å². The Hall–Kier alpha value is -2.10. The predicted octanol–water partition coefficient (Wildman–Crippen LogP) is 2.50. The van der Waals surface area contributed by atoms with Crippen LogP contribution in [-0.2, 0) is 9.53 Å². The number of anilines is 1. The van der Waals surface area contributed by atoms with Gasteiger partial charge in [-0.1, -0.05) is 18.2 Å². The van der Waals surface area contributed by atoms with Crippen molar-refractivity contribution < 1.29 is 9.53 Å². The summed E-state index contributed by atoms with van der Waals surface area (Å²) in [6.07, 6.45) is 2.94. The van der Waals surface area contributed by atoms with Gasteiger partial charge < -0.3 is 10.1 Å². The zero-order chi connectivity index (χ0) is 12.7. The zero-order valence-corrected chi connectivity index (χ0v) is 9.99. The molecule has 1 rings (SSSR count). The van der Waals surface area contributed by atoms with Gasteiger partial charge in [0.1, 0.15) is 5.71 Å². The summed E-state index contributed by atoms with van der Waals surface area (Å²) < 4.78 is 4.69. The van der Waals surface area contributed by atoms with E-state index in [0.29, 0.717) is 0 Å². The van der Waals surface area contributed by atoms with Gasteiger partial charge in [-0.2, -0.15) is 0 Å². The van der Waals surface area contributed by atoms with Crippen molar-refractivity contribution in [1.29, 1.82) is 5.41 Å². The lowest BCUT2D eigenvalue weighted by Crippen LogP contribution is -2.14. The highest BCUT2D eigenvalue weighted by molar-refractivity contribution is 6.39. The third kappa shape index (κ3) is 4.10. The summed E-state index contributed by atoms with van der Waals surface area (Å²) in [5, 5.41) is 10.4. The van der Waals surface area contributed by atoms with Crippen LogP contribution in [0.5, 0.6) is 0 Å². The van der Waals surface area contributed by atoms with Crippen molar-refractivity contribution >= 4 is 17.4 Å². The van der Waals surface area contributed by atoms with E-state index in [1.54, 1.807) is 13.1 Å². The smallest absolute Gasteiger partial charge is 0.356 e. The first-order valence-corrected chi connectivity index (χ1v) is 5.39. The number of esters is 1. The molecule has 90 valence electrons. The Bertz CT molecular complexity index is 439. The van der Waals surface area contributed by atoms with Crippen molar-refractivity contribution in [3.8, 4) is 0 Å². The van der Waals surface area contributed by atoms with Gasteiger partial charge in [0.25, 0.3) is 0 Å². The van der Waals surface area contributed by atoms with Gasteiger partial charge in [-0.15, -0.1) is 0 Å². The molecule has 4 nitrogen and oxygen atoms in total. The first-order valence-electron chi connectivity index (χ1n) is 5.39. The van der Waals surface area contributed by atoms with Gasteiger partial charge in [-0.3, -0.25) is 5.41 Å². The minimum Gasteiger partial charge on any atom is -0.461 e. The van der Waals surface area contributed by atoms with Crippen molar-refractivity contribution in [3.05, 3.63) is 42.1 Å². The van der Waals surface area contributed by atoms with E-state index in [0.717, 1.165) is 11.3 Å². The first kappa shape index (κ1) is 13.0. The largest absolute Gasteiger partial charge is 0.461 e. The molecule has 0 aliphatic rings. The Balaban J connectivity index is 2.54. The van der Waals surface area contributed by atoms with Crippen molar-refractivity contribution in [3.63, 3.8) is 0 Å². The second kappa shape index (κ2) is 6.48. The zero-order valence-electron chi connectivity index (χ0n) is 9.99. The summed E-state index contributed by atoms with van der Waals surface area (Å²) in [6, 6.07) is 7.77. The number of para-hydroxylation sites is 1. The molecule has 0 saturated heterocycles. The van der Waals surface area contributed by atoms with Crippen molar-refractivity contribution in [1.82, 2.24) is 0 Å². The highest BCUT2D eigenvalue weighted by Crippen LogP contribution is 2.12. The number of ether oxygens (including phenoxy) is 1. The molecule has 0 spiro atoms. The highest BCUT2D eigenvalue weighted by Gasteiger charge is 2.05. The number of rotatable bonds is 5. The topological polar surface area (TPSA) is 62.2 Å². The van der Waals surface area contributed by atoms with Crippen LogP contribution in [0, 0.1) is 12.3 Å². The quantitative estimate of drug-likeness (QED) is 0.605. The van der Waals surface area contributed by atoms with Gasteiger partial charge in [0, 0.05) is 11.9 Å². The molecule has 0 saturated carbocycles. The van der Waals surface area contributed by atoms with Crippen LogP contribution in [0.1, 0.15) is 12.5 Å². The number of benzene rings is 1. The Morgan fingerprint density at radius 2 is 2.18 bits per heavy atom. The number of aryl methyl sites for hydroxylation is 1.